The Hall–Kier alpha value is -2.77. The molecule has 0 radical (unpaired) electrons. The maximum absolute atomic E-state index is 13.4. The molecule has 1 amide bonds. The monoisotopic (exact) mass is 295 g/mol. The summed E-state index contributed by atoms with van der Waals surface area (Å²) in [5.41, 5.74) is -0.245. The first-order valence-electron chi connectivity index (χ1n) is 5.97. The Morgan fingerprint density at radius 3 is 2.76 bits per heavy atom. The van der Waals surface area contributed by atoms with E-state index in [1.807, 2.05) is 0 Å². The first-order valence-corrected chi connectivity index (χ1v) is 5.97. The number of halogens is 2. The van der Waals surface area contributed by atoms with Gasteiger partial charge in [-0.25, -0.2) is 8.78 Å². The number of aliphatic carboxylic acids is 1. The van der Waals surface area contributed by atoms with Gasteiger partial charge >= 0.3 is 5.97 Å². The topological polar surface area (TPSA) is 84.2 Å². The van der Waals surface area contributed by atoms with Gasteiger partial charge in [0, 0.05) is 12.3 Å². The number of carboxylic acid groups (broad SMARTS) is 1. The van der Waals surface area contributed by atoms with Crippen LogP contribution in [0.4, 0.5) is 14.5 Å². The number of carboxylic acids is 1. The van der Waals surface area contributed by atoms with Gasteiger partial charge in [-0.3, -0.25) is 14.3 Å². The molecule has 0 bridgehead atoms. The largest absolute Gasteiger partial charge is 0.481 e. The van der Waals surface area contributed by atoms with Crippen LogP contribution in [0.3, 0.4) is 0 Å². The van der Waals surface area contributed by atoms with Crippen molar-refractivity contribution >= 4 is 17.6 Å². The van der Waals surface area contributed by atoms with Gasteiger partial charge in [-0.1, -0.05) is 0 Å². The number of aromatic nitrogens is 2. The van der Waals surface area contributed by atoms with E-state index in [0.29, 0.717) is 0 Å². The molecule has 0 saturated carbocycles. The number of anilines is 1. The van der Waals surface area contributed by atoms with Crippen LogP contribution < -0.4 is 5.32 Å². The molecule has 0 aliphatic heterocycles. The molecule has 21 heavy (non-hydrogen) atoms. The number of hydrogen-bond acceptors (Lipinski definition) is 3. The first-order chi connectivity index (χ1) is 9.97. The van der Waals surface area contributed by atoms with Gasteiger partial charge in [0.15, 0.2) is 0 Å². The zero-order chi connectivity index (χ0) is 15.4. The molecule has 2 rings (SSSR count). The van der Waals surface area contributed by atoms with E-state index < -0.39 is 23.5 Å². The van der Waals surface area contributed by atoms with E-state index in [1.165, 1.54) is 16.9 Å². The highest BCUT2D eigenvalue weighted by Crippen LogP contribution is 2.16. The quantitative estimate of drug-likeness (QED) is 0.882. The molecule has 8 heteroatoms. The van der Waals surface area contributed by atoms with Crippen LogP contribution in [0.1, 0.15) is 16.9 Å². The first kappa shape index (κ1) is 14.6. The molecule has 0 aliphatic carbocycles. The summed E-state index contributed by atoms with van der Waals surface area (Å²) in [5, 5.41) is 14.6. The third-order valence-corrected chi connectivity index (χ3v) is 2.66. The fourth-order valence-electron chi connectivity index (χ4n) is 1.68. The third kappa shape index (κ3) is 3.62. The smallest absolute Gasteiger partial charge is 0.305 e. The number of aryl methyl sites for hydroxylation is 1. The van der Waals surface area contributed by atoms with Crippen molar-refractivity contribution in [2.24, 2.45) is 0 Å². The lowest BCUT2D eigenvalue weighted by Crippen LogP contribution is -2.19. The standard InChI is InChI=1S/C13H11F2N3O3/c14-8-1-2-9(15)10(7-8)17-13(21)11-3-5-16-18(11)6-4-12(19)20/h1-3,5,7H,4,6H2,(H,17,21)(H,19,20). The summed E-state index contributed by atoms with van der Waals surface area (Å²) >= 11 is 0. The van der Waals surface area contributed by atoms with Gasteiger partial charge < -0.3 is 10.4 Å². The Labute approximate surface area is 118 Å². The van der Waals surface area contributed by atoms with Gasteiger partial charge in [0.05, 0.1) is 18.7 Å². The summed E-state index contributed by atoms with van der Waals surface area (Å²) < 4.78 is 27.7. The molecule has 0 fully saturated rings. The predicted molar refractivity (Wildman–Crippen MR) is 68.8 cm³/mol. The molecule has 0 spiro atoms. The molecule has 0 aliphatic rings. The van der Waals surface area contributed by atoms with Crippen LogP contribution in [-0.2, 0) is 11.3 Å². The summed E-state index contributed by atoms with van der Waals surface area (Å²) in [4.78, 5) is 22.5. The molecule has 1 aromatic heterocycles. The SMILES string of the molecule is O=C(O)CCn1nccc1C(=O)Nc1cc(F)ccc1F. The molecular formula is C13H11F2N3O3. The van der Waals surface area contributed by atoms with Crippen molar-refractivity contribution in [3.05, 3.63) is 47.8 Å². The third-order valence-electron chi connectivity index (χ3n) is 2.66. The molecule has 1 heterocycles. The Kier molecular flexibility index (Phi) is 4.27. The highest BCUT2D eigenvalue weighted by atomic mass is 19.1. The van der Waals surface area contributed by atoms with Crippen molar-refractivity contribution in [2.45, 2.75) is 13.0 Å². The Balaban J connectivity index is 2.15. The minimum absolute atomic E-state index is 0.00325. The minimum atomic E-state index is -1.03. The predicted octanol–water partition coefficient (Wildman–Crippen LogP) is 1.89. The second-order valence-corrected chi connectivity index (χ2v) is 4.16. The van der Waals surface area contributed by atoms with Gasteiger partial charge in [-0.05, 0) is 18.2 Å². The molecule has 1 aromatic carbocycles. The fourth-order valence-corrected chi connectivity index (χ4v) is 1.68. The van der Waals surface area contributed by atoms with E-state index in [4.69, 9.17) is 5.11 Å². The van der Waals surface area contributed by atoms with Crippen LogP contribution in [0, 0.1) is 11.6 Å². The maximum atomic E-state index is 13.4. The molecular weight excluding hydrogens is 284 g/mol. The number of nitrogens with zero attached hydrogens (tertiary/aromatic N) is 2. The van der Waals surface area contributed by atoms with Gasteiger partial charge in [-0.15, -0.1) is 0 Å². The molecule has 2 aromatic rings. The number of hydrogen-bond donors (Lipinski definition) is 2. The van der Waals surface area contributed by atoms with Crippen molar-refractivity contribution in [3.8, 4) is 0 Å². The number of rotatable bonds is 5. The normalized spacial score (nSPS) is 10.4. The molecule has 2 N–H and O–H groups in total. The molecule has 0 atom stereocenters. The van der Waals surface area contributed by atoms with Crippen LogP contribution in [0.15, 0.2) is 30.5 Å². The van der Waals surface area contributed by atoms with E-state index in [9.17, 15) is 18.4 Å². The second-order valence-electron chi connectivity index (χ2n) is 4.16. The maximum Gasteiger partial charge on any atom is 0.305 e. The second kappa shape index (κ2) is 6.12. The lowest BCUT2D eigenvalue weighted by Gasteiger charge is -2.08. The van der Waals surface area contributed by atoms with E-state index in [0.717, 1.165) is 18.2 Å². The lowest BCUT2D eigenvalue weighted by atomic mass is 10.2. The average Bonchev–Trinajstić information content (AvgIpc) is 2.89. The minimum Gasteiger partial charge on any atom is -0.481 e. The Morgan fingerprint density at radius 1 is 1.29 bits per heavy atom. The van der Waals surface area contributed by atoms with Crippen LogP contribution >= 0.6 is 0 Å². The highest BCUT2D eigenvalue weighted by Gasteiger charge is 2.15. The molecule has 110 valence electrons. The van der Waals surface area contributed by atoms with Crippen molar-refractivity contribution in [2.75, 3.05) is 5.32 Å². The number of amides is 1. The van der Waals surface area contributed by atoms with E-state index in [2.05, 4.69) is 10.4 Å². The molecule has 0 unspecified atom stereocenters. The number of nitrogens with one attached hydrogen (secondary N) is 1. The van der Waals surface area contributed by atoms with Gasteiger partial charge in [0.2, 0.25) is 0 Å². The van der Waals surface area contributed by atoms with Crippen LogP contribution in [-0.4, -0.2) is 26.8 Å². The lowest BCUT2D eigenvalue weighted by molar-refractivity contribution is -0.137. The number of carbonyl (C=O) groups is 2. The Morgan fingerprint density at radius 2 is 2.05 bits per heavy atom. The summed E-state index contributed by atoms with van der Waals surface area (Å²) in [5.74, 6) is -3.21. The number of benzene rings is 1. The van der Waals surface area contributed by atoms with Crippen molar-refractivity contribution in [1.82, 2.24) is 9.78 Å². The molecule has 6 nitrogen and oxygen atoms in total. The van der Waals surface area contributed by atoms with E-state index >= 15 is 0 Å². The Bertz CT molecular complexity index is 685. The fraction of sp³-hybridized carbons (Fsp3) is 0.154. The average molecular weight is 295 g/mol. The summed E-state index contributed by atoms with van der Waals surface area (Å²) in [7, 11) is 0. The zero-order valence-corrected chi connectivity index (χ0v) is 10.7. The van der Waals surface area contributed by atoms with Crippen molar-refractivity contribution in [3.63, 3.8) is 0 Å². The summed E-state index contributed by atoms with van der Waals surface area (Å²) in [6.07, 6.45) is 1.11. The zero-order valence-electron chi connectivity index (χ0n) is 10.7. The van der Waals surface area contributed by atoms with E-state index in [1.54, 1.807) is 0 Å². The van der Waals surface area contributed by atoms with E-state index in [-0.39, 0.29) is 24.3 Å². The van der Waals surface area contributed by atoms with Gasteiger partial charge in [0.1, 0.15) is 17.3 Å². The molecule has 0 saturated heterocycles. The van der Waals surface area contributed by atoms with Crippen molar-refractivity contribution < 1.29 is 23.5 Å². The summed E-state index contributed by atoms with van der Waals surface area (Å²) in [6, 6.07) is 4.04. The van der Waals surface area contributed by atoms with Gasteiger partial charge in [-0.2, -0.15) is 5.10 Å². The van der Waals surface area contributed by atoms with Crippen LogP contribution in [0.25, 0.3) is 0 Å². The van der Waals surface area contributed by atoms with Gasteiger partial charge in [0.25, 0.3) is 5.91 Å². The summed E-state index contributed by atoms with van der Waals surface area (Å²) in [6.45, 7) is -0.00325. The van der Waals surface area contributed by atoms with Crippen LogP contribution in [0.2, 0.25) is 0 Å². The van der Waals surface area contributed by atoms with Crippen molar-refractivity contribution in [1.29, 1.82) is 0 Å². The highest BCUT2D eigenvalue weighted by molar-refractivity contribution is 6.03. The number of carbonyl (C=O) groups excluding carboxylic acids is 1. The van der Waals surface area contributed by atoms with Crippen LogP contribution in [0.5, 0.6) is 0 Å².